The lowest BCUT2D eigenvalue weighted by Crippen LogP contribution is -2.37. The Bertz CT molecular complexity index is 625. The molecule has 21 heavy (non-hydrogen) atoms. The highest BCUT2D eigenvalue weighted by molar-refractivity contribution is 7.13. The Balaban J connectivity index is 2.03. The second-order valence-corrected chi connectivity index (χ2v) is 5.12. The molecule has 1 aromatic heterocycles. The number of benzene rings is 1. The molecule has 1 aromatic carbocycles. The molecule has 0 aliphatic rings. The molecule has 0 atom stereocenters. The van der Waals surface area contributed by atoms with Crippen LogP contribution < -0.4 is 10.6 Å². The van der Waals surface area contributed by atoms with E-state index in [2.05, 4.69) is 38.7 Å². The van der Waals surface area contributed by atoms with E-state index in [0.717, 1.165) is 22.8 Å². The van der Waals surface area contributed by atoms with Gasteiger partial charge in [-0.05, 0) is 6.92 Å². The lowest BCUT2D eigenvalue weighted by atomic mass is 10.2. The Labute approximate surface area is 129 Å². The zero-order valence-electron chi connectivity index (χ0n) is 12.0. The van der Waals surface area contributed by atoms with E-state index in [0.29, 0.717) is 19.0 Å². The van der Waals surface area contributed by atoms with E-state index >= 15 is 0 Å². The van der Waals surface area contributed by atoms with Crippen LogP contribution in [-0.2, 0) is 6.54 Å². The molecule has 4 nitrogen and oxygen atoms in total. The molecule has 108 valence electrons. The van der Waals surface area contributed by atoms with Gasteiger partial charge >= 0.3 is 0 Å². The van der Waals surface area contributed by atoms with Gasteiger partial charge in [-0.15, -0.1) is 17.8 Å². The van der Waals surface area contributed by atoms with Gasteiger partial charge in [0, 0.05) is 17.5 Å². The van der Waals surface area contributed by atoms with Crippen molar-refractivity contribution in [2.24, 2.45) is 4.99 Å². The Hall–Kier alpha value is -2.32. The Morgan fingerprint density at radius 1 is 1.33 bits per heavy atom. The lowest BCUT2D eigenvalue weighted by Gasteiger charge is -2.07. The van der Waals surface area contributed by atoms with Gasteiger partial charge in [0.25, 0.3) is 0 Å². The average Bonchev–Trinajstić information content (AvgIpc) is 3.00. The highest BCUT2D eigenvalue weighted by Crippen LogP contribution is 2.23. The van der Waals surface area contributed by atoms with Crippen LogP contribution in [0.25, 0.3) is 10.6 Å². The summed E-state index contributed by atoms with van der Waals surface area (Å²) in [5.74, 6) is 3.25. The second kappa shape index (κ2) is 8.08. The molecule has 2 aromatic rings. The van der Waals surface area contributed by atoms with Crippen LogP contribution in [0.1, 0.15) is 12.6 Å². The molecule has 1 heterocycles. The average molecular weight is 298 g/mol. The van der Waals surface area contributed by atoms with E-state index in [1.54, 1.807) is 11.3 Å². The first-order valence-corrected chi connectivity index (χ1v) is 7.67. The van der Waals surface area contributed by atoms with E-state index in [-0.39, 0.29) is 0 Å². The number of hydrogen-bond donors (Lipinski definition) is 2. The minimum atomic E-state index is 0.457. The van der Waals surface area contributed by atoms with Gasteiger partial charge in [0.2, 0.25) is 0 Å². The van der Waals surface area contributed by atoms with Crippen molar-refractivity contribution in [2.75, 3.05) is 13.1 Å². The summed E-state index contributed by atoms with van der Waals surface area (Å²) < 4.78 is 0. The molecule has 0 aliphatic carbocycles. The molecule has 0 radical (unpaired) electrons. The number of hydrogen-bond acceptors (Lipinski definition) is 3. The van der Waals surface area contributed by atoms with Crippen molar-refractivity contribution >= 4 is 17.3 Å². The van der Waals surface area contributed by atoms with Crippen molar-refractivity contribution < 1.29 is 0 Å². The minimum Gasteiger partial charge on any atom is -0.357 e. The fourth-order valence-electron chi connectivity index (χ4n) is 1.73. The summed E-state index contributed by atoms with van der Waals surface area (Å²) in [6.07, 6.45) is 5.24. The smallest absolute Gasteiger partial charge is 0.192 e. The summed E-state index contributed by atoms with van der Waals surface area (Å²) in [7, 11) is 0. The van der Waals surface area contributed by atoms with Crippen LogP contribution in [-0.4, -0.2) is 24.0 Å². The molecule has 0 amide bonds. The first kappa shape index (κ1) is 15.1. The van der Waals surface area contributed by atoms with Crippen LogP contribution in [0.15, 0.2) is 40.7 Å². The highest BCUT2D eigenvalue weighted by atomic mass is 32.1. The van der Waals surface area contributed by atoms with Crippen LogP contribution in [0.4, 0.5) is 0 Å². The molecule has 0 unspecified atom stereocenters. The molecule has 0 spiro atoms. The van der Waals surface area contributed by atoms with Crippen molar-refractivity contribution in [3.05, 3.63) is 41.4 Å². The van der Waals surface area contributed by atoms with E-state index in [1.807, 2.05) is 30.5 Å². The molecule has 0 saturated heterocycles. The van der Waals surface area contributed by atoms with Gasteiger partial charge in [-0.25, -0.2) is 9.98 Å². The van der Waals surface area contributed by atoms with E-state index < -0.39 is 0 Å². The first-order chi connectivity index (χ1) is 10.3. The summed E-state index contributed by atoms with van der Waals surface area (Å²) in [6.45, 7) is 3.80. The van der Waals surface area contributed by atoms with Crippen LogP contribution in [0.5, 0.6) is 0 Å². The van der Waals surface area contributed by atoms with Crippen molar-refractivity contribution in [3.63, 3.8) is 0 Å². The van der Waals surface area contributed by atoms with Crippen LogP contribution in [0, 0.1) is 12.3 Å². The van der Waals surface area contributed by atoms with Gasteiger partial charge < -0.3 is 10.6 Å². The maximum Gasteiger partial charge on any atom is 0.192 e. The largest absolute Gasteiger partial charge is 0.357 e. The topological polar surface area (TPSA) is 49.3 Å². The third-order valence-corrected chi connectivity index (χ3v) is 3.61. The molecule has 0 bridgehead atoms. The van der Waals surface area contributed by atoms with E-state index in [4.69, 9.17) is 6.42 Å². The number of aliphatic imine (C=N–C) groups is 1. The second-order valence-electron chi connectivity index (χ2n) is 4.26. The molecule has 0 saturated carbocycles. The van der Waals surface area contributed by atoms with Crippen molar-refractivity contribution in [2.45, 2.75) is 13.5 Å². The van der Waals surface area contributed by atoms with Gasteiger partial charge in [-0.3, -0.25) is 0 Å². The van der Waals surface area contributed by atoms with Gasteiger partial charge in [0.1, 0.15) is 5.01 Å². The van der Waals surface area contributed by atoms with Crippen LogP contribution in [0.2, 0.25) is 0 Å². The highest BCUT2D eigenvalue weighted by Gasteiger charge is 2.04. The summed E-state index contributed by atoms with van der Waals surface area (Å²) in [5.41, 5.74) is 2.09. The summed E-state index contributed by atoms with van der Waals surface area (Å²) in [4.78, 5) is 9.08. The molecule has 5 heteroatoms. The number of terminal acetylenes is 1. The van der Waals surface area contributed by atoms with Crippen LogP contribution in [0.3, 0.4) is 0 Å². The Kier molecular flexibility index (Phi) is 5.80. The van der Waals surface area contributed by atoms with Crippen LogP contribution >= 0.6 is 11.3 Å². The number of aromatic nitrogens is 1. The zero-order chi connectivity index (χ0) is 14.9. The standard InChI is InChI=1S/C16H18N4S/c1-3-10-18-16(17-4-2)19-11-14-12-21-15(20-14)13-8-6-5-7-9-13/h1,5-9,12H,4,10-11H2,2H3,(H2,17,18,19). The monoisotopic (exact) mass is 298 g/mol. The summed E-state index contributed by atoms with van der Waals surface area (Å²) >= 11 is 1.63. The van der Waals surface area contributed by atoms with Crippen molar-refractivity contribution in [1.29, 1.82) is 0 Å². The third-order valence-electron chi connectivity index (χ3n) is 2.67. The van der Waals surface area contributed by atoms with E-state index in [1.165, 1.54) is 0 Å². The zero-order valence-corrected chi connectivity index (χ0v) is 12.8. The summed E-state index contributed by atoms with van der Waals surface area (Å²) in [5, 5.41) is 9.26. The van der Waals surface area contributed by atoms with Gasteiger partial charge in [-0.2, -0.15) is 0 Å². The SMILES string of the molecule is C#CCNC(=NCc1csc(-c2ccccc2)n1)NCC. The number of guanidine groups is 1. The number of rotatable bonds is 5. The third kappa shape index (κ3) is 4.62. The van der Waals surface area contributed by atoms with Crippen molar-refractivity contribution in [1.82, 2.24) is 15.6 Å². The predicted molar refractivity (Wildman–Crippen MR) is 89.2 cm³/mol. The lowest BCUT2D eigenvalue weighted by molar-refractivity contribution is 0.860. The fraction of sp³-hybridized carbons (Fsp3) is 0.250. The number of thiazole rings is 1. The van der Waals surface area contributed by atoms with E-state index in [9.17, 15) is 0 Å². The molecule has 0 fully saturated rings. The number of nitrogens with one attached hydrogen (secondary N) is 2. The van der Waals surface area contributed by atoms with Gasteiger partial charge in [0.15, 0.2) is 5.96 Å². The molecule has 0 aliphatic heterocycles. The maximum absolute atomic E-state index is 5.24. The van der Waals surface area contributed by atoms with Gasteiger partial charge in [-0.1, -0.05) is 36.3 Å². The molecular weight excluding hydrogens is 280 g/mol. The molecular formula is C16H18N4S. The Morgan fingerprint density at radius 2 is 2.14 bits per heavy atom. The normalized spacial score (nSPS) is 11.0. The fourth-order valence-corrected chi connectivity index (χ4v) is 2.55. The first-order valence-electron chi connectivity index (χ1n) is 6.79. The Morgan fingerprint density at radius 3 is 2.86 bits per heavy atom. The minimum absolute atomic E-state index is 0.457. The molecule has 2 rings (SSSR count). The maximum atomic E-state index is 5.24. The van der Waals surface area contributed by atoms with Crippen molar-refractivity contribution in [3.8, 4) is 22.9 Å². The quantitative estimate of drug-likeness (QED) is 0.506. The summed E-state index contributed by atoms with van der Waals surface area (Å²) in [6, 6.07) is 10.2. The predicted octanol–water partition coefficient (Wildman–Crippen LogP) is 2.50. The number of nitrogens with zero attached hydrogens (tertiary/aromatic N) is 2. The molecule has 2 N–H and O–H groups in total. The van der Waals surface area contributed by atoms with Gasteiger partial charge in [0.05, 0.1) is 18.8 Å².